The Morgan fingerprint density at radius 3 is 2.35 bits per heavy atom. The number of carbonyl (C=O) groups is 1. The standard InChI is InChI=1S/C16H14BrNO2/c1-20-15-9-2-12(3-10-15)4-11-16(19)18-14-7-5-13(17)6-8-14/h2-11H,1H3,(H,18,19)/b11-4+. The molecule has 0 bridgehead atoms. The van der Waals surface area contributed by atoms with E-state index in [1.165, 1.54) is 6.08 Å². The number of anilines is 1. The second-order valence-corrected chi connectivity index (χ2v) is 5.02. The molecule has 3 nitrogen and oxygen atoms in total. The summed E-state index contributed by atoms with van der Waals surface area (Å²) in [5.74, 6) is 0.629. The van der Waals surface area contributed by atoms with E-state index in [4.69, 9.17) is 4.74 Å². The quantitative estimate of drug-likeness (QED) is 0.856. The van der Waals surface area contributed by atoms with E-state index < -0.39 is 0 Å². The Balaban J connectivity index is 1.96. The van der Waals surface area contributed by atoms with Gasteiger partial charge in [-0.1, -0.05) is 28.1 Å². The Hall–Kier alpha value is -2.07. The lowest BCUT2D eigenvalue weighted by Gasteiger charge is -2.02. The van der Waals surface area contributed by atoms with E-state index in [0.29, 0.717) is 0 Å². The Labute approximate surface area is 126 Å². The van der Waals surface area contributed by atoms with Gasteiger partial charge in [0.05, 0.1) is 7.11 Å². The molecule has 0 aliphatic rings. The molecule has 0 atom stereocenters. The van der Waals surface area contributed by atoms with Gasteiger partial charge in [0, 0.05) is 16.2 Å². The third kappa shape index (κ3) is 4.24. The van der Waals surface area contributed by atoms with Gasteiger partial charge in [0.15, 0.2) is 0 Å². The average Bonchev–Trinajstić information content (AvgIpc) is 2.48. The minimum absolute atomic E-state index is 0.164. The molecule has 4 heteroatoms. The van der Waals surface area contributed by atoms with Crippen LogP contribution in [-0.2, 0) is 4.79 Å². The molecule has 1 N–H and O–H groups in total. The summed E-state index contributed by atoms with van der Waals surface area (Å²) >= 11 is 3.35. The largest absolute Gasteiger partial charge is 0.497 e. The molecule has 0 saturated heterocycles. The number of nitrogens with one attached hydrogen (secondary N) is 1. The molecular formula is C16H14BrNO2. The van der Waals surface area contributed by atoms with Gasteiger partial charge in [-0.25, -0.2) is 0 Å². The number of hydrogen-bond donors (Lipinski definition) is 1. The van der Waals surface area contributed by atoms with Crippen molar-refractivity contribution in [3.8, 4) is 5.75 Å². The summed E-state index contributed by atoms with van der Waals surface area (Å²) in [6.45, 7) is 0. The molecule has 0 saturated carbocycles. The first-order chi connectivity index (χ1) is 9.67. The highest BCUT2D eigenvalue weighted by Gasteiger charge is 1.98. The fraction of sp³-hybridized carbons (Fsp3) is 0.0625. The number of ether oxygens (including phenoxy) is 1. The minimum atomic E-state index is -0.164. The number of halogens is 1. The molecule has 0 spiro atoms. The third-order valence-corrected chi connectivity index (χ3v) is 3.18. The first kappa shape index (κ1) is 14.3. The fourth-order valence-corrected chi connectivity index (χ4v) is 1.87. The summed E-state index contributed by atoms with van der Waals surface area (Å²) in [7, 11) is 1.62. The molecule has 0 unspecified atom stereocenters. The number of methoxy groups -OCH3 is 1. The van der Waals surface area contributed by atoms with Gasteiger partial charge < -0.3 is 10.1 Å². The summed E-state index contributed by atoms with van der Waals surface area (Å²) in [6.07, 6.45) is 3.26. The van der Waals surface area contributed by atoms with Crippen LogP contribution in [0.1, 0.15) is 5.56 Å². The first-order valence-electron chi connectivity index (χ1n) is 6.06. The van der Waals surface area contributed by atoms with E-state index in [1.807, 2.05) is 48.5 Å². The minimum Gasteiger partial charge on any atom is -0.497 e. The maximum absolute atomic E-state index is 11.8. The van der Waals surface area contributed by atoms with Crippen molar-refractivity contribution >= 4 is 33.6 Å². The van der Waals surface area contributed by atoms with Gasteiger partial charge >= 0.3 is 0 Å². The van der Waals surface area contributed by atoms with Gasteiger partial charge in [-0.2, -0.15) is 0 Å². The van der Waals surface area contributed by atoms with Crippen molar-refractivity contribution in [3.63, 3.8) is 0 Å². The Bertz CT molecular complexity index is 603. The lowest BCUT2D eigenvalue weighted by Crippen LogP contribution is -2.07. The number of rotatable bonds is 4. The zero-order valence-corrected chi connectivity index (χ0v) is 12.6. The molecule has 2 aromatic carbocycles. The highest BCUT2D eigenvalue weighted by atomic mass is 79.9. The van der Waals surface area contributed by atoms with Crippen molar-refractivity contribution in [2.75, 3.05) is 12.4 Å². The van der Waals surface area contributed by atoms with Gasteiger partial charge in [-0.15, -0.1) is 0 Å². The molecule has 0 aliphatic carbocycles. The van der Waals surface area contributed by atoms with E-state index in [9.17, 15) is 4.79 Å². The number of carbonyl (C=O) groups excluding carboxylic acids is 1. The Morgan fingerprint density at radius 2 is 1.75 bits per heavy atom. The van der Waals surface area contributed by atoms with Crippen LogP contribution in [0.5, 0.6) is 5.75 Å². The van der Waals surface area contributed by atoms with Crippen molar-refractivity contribution in [2.45, 2.75) is 0 Å². The van der Waals surface area contributed by atoms with Crippen LogP contribution in [0.4, 0.5) is 5.69 Å². The second kappa shape index (κ2) is 6.91. The summed E-state index contributed by atoms with van der Waals surface area (Å²) in [5, 5.41) is 2.79. The van der Waals surface area contributed by atoms with Crippen molar-refractivity contribution < 1.29 is 9.53 Å². The van der Waals surface area contributed by atoms with Crippen molar-refractivity contribution in [1.82, 2.24) is 0 Å². The molecule has 1 amide bonds. The van der Waals surface area contributed by atoms with Gasteiger partial charge in [0.25, 0.3) is 0 Å². The van der Waals surface area contributed by atoms with E-state index in [0.717, 1.165) is 21.5 Å². The van der Waals surface area contributed by atoms with Crippen LogP contribution < -0.4 is 10.1 Å². The van der Waals surface area contributed by atoms with E-state index >= 15 is 0 Å². The Morgan fingerprint density at radius 1 is 1.10 bits per heavy atom. The van der Waals surface area contributed by atoms with Crippen LogP contribution in [-0.4, -0.2) is 13.0 Å². The first-order valence-corrected chi connectivity index (χ1v) is 6.85. The van der Waals surface area contributed by atoms with E-state index in [-0.39, 0.29) is 5.91 Å². The van der Waals surface area contributed by atoms with Crippen LogP contribution in [0, 0.1) is 0 Å². The van der Waals surface area contributed by atoms with Crippen LogP contribution in [0.25, 0.3) is 6.08 Å². The van der Waals surface area contributed by atoms with Crippen LogP contribution in [0.2, 0.25) is 0 Å². The number of benzene rings is 2. The van der Waals surface area contributed by atoms with Gasteiger partial charge in [-0.3, -0.25) is 4.79 Å². The van der Waals surface area contributed by atoms with Crippen LogP contribution in [0.3, 0.4) is 0 Å². The second-order valence-electron chi connectivity index (χ2n) is 4.10. The molecule has 0 heterocycles. The lowest BCUT2D eigenvalue weighted by atomic mass is 10.2. The van der Waals surface area contributed by atoms with Gasteiger partial charge in [-0.05, 0) is 48.0 Å². The van der Waals surface area contributed by atoms with Gasteiger partial charge in [0.2, 0.25) is 5.91 Å². The molecule has 2 rings (SSSR count). The maximum atomic E-state index is 11.8. The van der Waals surface area contributed by atoms with Crippen LogP contribution in [0.15, 0.2) is 59.1 Å². The summed E-state index contributed by atoms with van der Waals surface area (Å²) in [4.78, 5) is 11.8. The average molecular weight is 332 g/mol. The zero-order valence-electron chi connectivity index (χ0n) is 11.0. The predicted octanol–water partition coefficient (Wildman–Crippen LogP) is 4.11. The lowest BCUT2D eigenvalue weighted by molar-refractivity contribution is -0.111. The summed E-state index contributed by atoms with van der Waals surface area (Å²) < 4.78 is 6.05. The Kier molecular flexibility index (Phi) is 4.96. The molecule has 102 valence electrons. The topological polar surface area (TPSA) is 38.3 Å². The fourth-order valence-electron chi connectivity index (χ4n) is 1.60. The molecule has 20 heavy (non-hydrogen) atoms. The zero-order chi connectivity index (χ0) is 14.4. The molecule has 0 aliphatic heterocycles. The molecule has 0 fully saturated rings. The normalized spacial score (nSPS) is 10.5. The maximum Gasteiger partial charge on any atom is 0.248 e. The number of hydrogen-bond acceptors (Lipinski definition) is 2. The highest BCUT2D eigenvalue weighted by molar-refractivity contribution is 9.10. The molecule has 0 aromatic heterocycles. The third-order valence-electron chi connectivity index (χ3n) is 2.65. The van der Waals surface area contributed by atoms with Gasteiger partial charge in [0.1, 0.15) is 5.75 Å². The SMILES string of the molecule is COc1ccc(/C=C/C(=O)Nc2ccc(Br)cc2)cc1. The summed E-state index contributed by atoms with van der Waals surface area (Å²) in [6, 6.07) is 14.9. The molecule has 0 radical (unpaired) electrons. The highest BCUT2D eigenvalue weighted by Crippen LogP contribution is 2.15. The molecule has 2 aromatic rings. The van der Waals surface area contributed by atoms with Crippen LogP contribution >= 0.6 is 15.9 Å². The van der Waals surface area contributed by atoms with Crippen molar-refractivity contribution in [1.29, 1.82) is 0 Å². The predicted molar refractivity (Wildman–Crippen MR) is 84.8 cm³/mol. The van der Waals surface area contributed by atoms with E-state index in [1.54, 1.807) is 13.2 Å². The monoisotopic (exact) mass is 331 g/mol. The summed E-state index contributed by atoms with van der Waals surface area (Å²) in [5.41, 5.74) is 1.70. The van der Waals surface area contributed by atoms with E-state index in [2.05, 4.69) is 21.2 Å². The van der Waals surface area contributed by atoms with Crippen molar-refractivity contribution in [2.24, 2.45) is 0 Å². The smallest absolute Gasteiger partial charge is 0.248 e. The van der Waals surface area contributed by atoms with Crippen molar-refractivity contribution in [3.05, 3.63) is 64.6 Å². The number of amides is 1. The molecular weight excluding hydrogens is 318 g/mol.